The van der Waals surface area contributed by atoms with E-state index in [9.17, 15) is 0 Å². The van der Waals surface area contributed by atoms with Gasteiger partial charge in [-0.2, -0.15) is 0 Å². The summed E-state index contributed by atoms with van der Waals surface area (Å²) in [7, 11) is 3.45. The molecule has 0 spiro atoms. The second kappa shape index (κ2) is 10.1. The van der Waals surface area contributed by atoms with Gasteiger partial charge in [0.05, 0.1) is 13.4 Å². The lowest BCUT2D eigenvalue weighted by molar-refractivity contribution is 0.408. The lowest BCUT2D eigenvalue weighted by Crippen LogP contribution is -2.37. The summed E-state index contributed by atoms with van der Waals surface area (Å²) in [5.41, 5.74) is 2.28. The van der Waals surface area contributed by atoms with Gasteiger partial charge in [-0.05, 0) is 30.7 Å². The van der Waals surface area contributed by atoms with Crippen LogP contribution in [-0.4, -0.2) is 26.7 Å². The molecule has 2 rings (SSSR count). The molecule has 23 heavy (non-hydrogen) atoms. The smallest absolute Gasteiger partial charge is 0.191 e. The maximum atomic E-state index is 5.41. The molecule has 5 nitrogen and oxygen atoms in total. The number of aryl methyl sites for hydroxylation is 1. The van der Waals surface area contributed by atoms with E-state index in [2.05, 4.69) is 34.7 Å². The standard InChI is InChI=1S/C17H23N3O2.HI/c1-13-6-7-14(16(11-13)21-3)12-20-17(18-2)19-9-8-15-5-4-10-22-15;/h4-7,10-11H,8-9,12H2,1-3H3,(H2,18,19,20);1H. The van der Waals surface area contributed by atoms with Crippen LogP contribution in [0.15, 0.2) is 46.0 Å². The molecule has 0 aliphatic heterocycles. The number of nitrogens with one attached hydrogen (secondary N) is 2. The summed E-state index contributed by atoms with van der Waals surface area (Å²) < 4.78 is 10.7. The van der Waals surface area contributed by atoms with Crippen molar-refractivity contribution in [2.75, 3.05) is 20.7 Å². The minimum Gasteiger partial charge on any atom is -0.496 e. The maximum Gasteiger partial charge on any atom is 0.191 e. The number of nitrogens with zero attached hydrogens (tertiary/aromatic N) is 1. The summed E-state index contributed by atoms with van der Waals surface area (Å²) in [4.78, 5) is 4.22. The number of furan rings is 1. The average Bonchev–Trinajstić information content (AvgIpc) is 3.04. The zero-order valence-electron chi connectivity index (χ0n) is 13.8. The Bertz CT molecular complexity index is 612. The van der Waals surface area contributed by atoms with E-state index >= 15 is 0 Å². The Morgan fingerprint density at radius 1 is 1.26 bits per heavy atom. The summed E-state index contributed by atoms with van der Waals surface area (Å²) in [5.74, 6) is 2.61. The first-order valence-corrected chi connectivity index (χ1v) is 7.33. The van der Waals surface area contributed by atoms with E-state index in [0.717, 1.165) is 36.0 Å². The third-order valence-corrected chi connectivity index (χ3v) is 3.36. The van der Waals surface area contributed by atoms with E-state index in [-0.39, 0.29) is 24.0 Å². The van der Waals surface area contributed by atoms with E-state index in [4.69, 9.17) is 9.15 Å². The number of rotatable bonds is 6. The van der Waals surface area contributed by atoms with E-state index < -0.39 is 0 Å². The first-order chi connectivity index (χ1) is 10.7. The normalized spacial score (nSPS) is 10.8. The molecule has 1 aromatic heterocycles. The molecule has 0 saturated heterocycles. The molecule has 1 heterocycles. The van der Waals surface area contributed by atoms with Crippen LogP contribution in [0, 0.1) is 6.92 Å². The fraction of sp³-hybridized carbons (Fsp3) is 0.353. The van der Waals surface area contributed by atoms with Crippen molar-refractivity contribution in [3.05, 3.63) is 53.5 Å². The molecule has 2 N–H and O–H groups in total. The molecule has 0 aliphatic carbocycles. The number of benzene rings is 1. The van der Waals surface area contributed by atoms with E-state index in [1.54, 1.807) is 20.4 Å². The fourth-order valence-corrected chi connectivity index (χ4v) is 2.16. The molecule has 1 aromatic carbocycles. The molecule has 0 fully saturated rings. The van der Waals surface area contributed by atoms with Gasteiger partial charge < -0.3 is 19.8 Å². The molecule has 2 aromatic rings. The van der Waals surface area contributed by atoms with Gasteiger partial charge in [0.15, 0.2) is 5.96 Å². The molecule has 0 saturated carbocycles. The molecule has 126 valence electrons. The van der Waals surface area contributed by atoms with Gasteiger partial charge in [-0.1, -0.05) is 12.1 Å². The number of aliphatic imine (C=N–C) groups is 1. The summed E-state index contributed by atoms with van der Waals surface area (Å²) in [6.45, 7) is 3.47. The van der Waals surface area contributed by atoms with Crippen molar-refractivity contribution in [2.45, 2.75) is 19.9 Å². The molecule has 0 aliphatic rings. The third kappa shape index (κ3) is 6.13. The molecule has 0 unspecified atom stereocenters. The van der Waals surface area contributed by atoms with Gasteiger partial charge in [0.2, 0.25) is 0 Å². The Hall–Kier alpha value is -1.70. The topological polar surface area (TPSA) is 58.8 Å². The first kappa shape index (κ1) is 19.3. The third-order valence-electron chi connectivity index (χ3n) is 3.36. The summed E-state index contributed by atoms with van der Waals surface area (Å²) in [5, 5.41) is 6.55. The Balaban J connectivity index is 0.00000264. The van der Waals surface area contributed by atoms with Crippen LogP contribution in [0.1, 0.15) is 16.9 Å². The number of guanidine groups is 1. The van der Waals surface area contributed by atoms with Crippen LogP contribution in [0.4, 0.5) is 0 Å². The Morgan fingerprint density at radius 2 is 2.09 bits per heavy atom. The van der Waals surface area contributed by atoms with E-state index in [1.807, 2.05) is 18.2 Å². The first-order valence-electron chi connectivity index (χ1n) is 7.33. The number of ether oxygens (including phenoxy) is 1. The Labute approximate surface area is 154 Å². The minimum absolute atomic E-state index is 0. The van der Waals surface area contributed by atoms with Gasteiger partial charge in [-0.15, -0.1) is 24.0 Å². The maximum absolute atomic E-state index is 5.41. The van der Waals surface area contributed by atoms with Gasteiger partial charge >= 0.3 is 0 Å². The fourth-order valence-electron chi connectivity index (χ4n) is 2.16. The van der Waals surface area contributed by atoms with Crippen molar-refractivity contribution in [3.63, 3.8) is 0 Å². The van der Waals surface area contributed by atoms with Crippen molar-refractivity contribution >= 4 is 29.9 Å². The van der Waals surface area contributed by atoms with Crippen LogP contribution in [0.25, 0.3) is 0 Å². The van der Waals surface area contributed by atoms with Crippen LogP contribution in [0.3, 0.4) is 0 Å². The van der Waals surface area contributed by atoms with Crippen molar-refractivity contribution in [2.24, 2.45) is 4.99 Å². The molecular formula is C17H24IN3O2. The summed E-state index contributed by atoms with van der Waals surface area (Å²) in [6, 6.07) is 10.0. The SMILES string of the molecule is CN=C(NCCc1ccco1)NCc1ccc(C)cc1OC.I. The quantitative estimate of drug-likeness (QED) is 0.421. The molecule has 0 bridgehead atoms. The van der Waals surface area contributed by atoms with E-state index in [0.29, 0.717) is 6.54 Å². The summed E-state index contributed by atoms with van der Waals surface area (Å²) >= 11 is 0. The van der Waals surface area contributed by atoms with Crippen LogP contribution >= 0.6 is 24.0 Å². The highest BCUT2D eigenvalue weighted by molar-refractivity contribution is 14.0. The second-order valence-electron chi connectivity index (χ2n) is 5.00. The largest absolute Gasteiger partial charge is 0.496 e. The Morgan fingerprint density at radius 3 is 2.74 bits per heavy atom. The lowest BCUT2D eigenvalue weighted by Gasteiger charge is -2.14. The minimum atomic E-state index is 0. The average molecular weight is 429 g/mol. The molecule has 0 amide bonds. The number of hydrogen-bond donors (Lipinski definition) is 2. The zero-order valence-corrected chi connectivity index (χ0v) is 16.1. The number of hydrogen-bond acceptors (Lipinski definition) is 3. The van der Waals surface area contributed by atoms with Crippen LogP contribution in [0.2, 0.25) is 0 Å². The molecule has 0 radical (unpaired) electrons. The van der Waals surface area contributed by atoms with Gasteiger partial charge in [0.25, 0.3) is 0 Å². The molecular weight excluding hydrogens is 405 g/mol. The van der Waals surface area contributed by atoms with Crippen molar-refractivity contribution < 1.29 is 9.15 Å². The van der Waals surface area contributed by atoms with Crippen LogP contribution in [-0.2, 0) is 13.0 Å². The van der Waals surface area contributed by atoms with Crippen molar-refractivity contribution in [3.8, 4) is 5.75 Å². The number of halogens is 1. The van der Waals surface area contributed by atoms with Crippen molar-refractivity contribution in [1.82, 2.24) is 10.6 Å². The monoisotopic (exact) mass is 429 g/mol. The molecule has 0 atom stereocenters. The van der Waals surface area contributed by atoms with Gasteiger partial charge in [-0.3, -0.25) is 4.99 Å². The molecule has 6 heteroatoms. The van der Waals surface area contributed by atoms with Crippen molar-refractivity contribution in [1.29, 1.82) is 0 Å². The van der Waals surface area contributed by atoms with Gasteiger partial charge in [0, 0.05) is 32.1 Å². The lowest BCUT2D eigenvalue weighted by atomic mass is 10.1. The predicted molar refractivity (Wildman–Crippen MR) is 104 cm³/mol. The predicted octanol–water partition coefficient (Wildman–Crippen LogP) is 3.12. The highest BCUT2D eigenvalue weighted by Gasteiger charge is 2.05. The van der Waals surface area contributed by atoms with E-state index in [1.165, 1.54) is 5.56 Å². The second-order valence-corrected chi connectivity index (χ2v) is 5.00. The number of methoxy groups -OCH3 is 1. The van der Waals surface area contributed by atoms with Gasteiger partial charge in [0.1, 0.15) is 11.5 Å². The van der Waals surface area contributed by atoms with Gasteiger partial charge in [-0.25, -0.2) is 0 Å². The highest BCUT2D eigenvalue weighted by atomic mass is 127. The Kier molecular flexibility index (Phi) is 8.53. The highest BCUT2D eigenvalue weighted by Crippen LogP contribution is 2.19. The zero-order chi connectivity index (χ0) is 15.8. The van der Waals surface area contributed by atoms with Crippen LogP contribution in [0.5, 0.6) is 5.75 Å². The summed E-state index contributed by atoms with van der Waals surface area (Å²) in [6.07, 6.45) is 2.51. The van der Waals surface area contributed by atoms with Crippen LogP contribution < -0.4 is 15.4 Å².